The van der Waals surface area contributed by atoms with E-state index in [-0.39, 0.29) is 0 Å². The second-order valence-corrected chi connectivity index (χ2v) is 3.58. The molecule has 0 radical (unpaired) electrons. The van der Waals surface area contributed by atoms with Crippen molar-refractivity contribution in [1.29, 1.82) is 0 Å². The third-order valence-electron chi connectivity index (χ3n) is 1.87. The van der Waals surface area contributed by atoms with Crippen LogP contribution in [0.5, 0.6) is 0 Å². The topological polar surface area (TPSA) is 67.1 Å². The van der Waals surface area contributed by atoms with Crippen LogP contribution in [0.3, 0.4) is 0 Å². The van der Waals surface area contributed by atoms with Crippen molar-refractivity contribution in [3.05, 3.63) is 12.2 Å². The van der Waals surface area contributed by atoms with Gasteiger partial charge in [0, 0.05) is 20.1 Å². The lowest BCUT2D eigenvalue weighted by molar-refractivity contribution is 0.680. The van der Waals surface area contributed by atoms with E-state index in [1.165, 1.54) is 0 Å². The van der Waals surface area contributed by atoms with Gasteiger partial charge in [0.25, 0.3) is 0 Å². The van der Waals surface area contributed by atoms with Gasteiger partial charge in [0.15, 0.2) is 11.8 Å². The lowest BCUT2D eigenvalue weighted by Crippen LogP contribution is -2.40. The molecule has 6 nitrogen and oxygen atoms in total. The zero-order valence-electron chi connectivity index (χ0n) is 9.65. The Morgan fingerprint density at radius 3 is 2.80 bits per heavy atom. The van der Waals surface area contributed by atoms with E-state index in [0.29, 0.717) is 12.6 Å². The Morgan fingerprint density at radius 1 is 1.60 bits per heavy atom. The van der Waals surface area contributed by atoms with Crippen LogP contribution in [-0.2, 0) is 13.6 Å². The number of aryl methyl sites for hydroxylation is 1. The average Bonchev–Trinajstić information content (AvgIpc) is 2.58. The highest BCUT2D eigenvalue weighted by atomic mass is 15.3. The highest BCUT2D eigenvalue weighted by Crippen LogP contribution is 1.89. The summed E-state index contributed by atoms with van der Waals surface area (Å²) in [7, 11) is 3.66. The van der Waals surface area contributed by atoms with Crippen LogP contribution in [0.25, 0.3) is 0 Å². The van der Waals surface area contributed by atoms with Crippen molar-refractivity contribution in [3.63, 3.8) is 0 Å². The molecule has 1 aromatic rings. The Morgan fingerprint density at radius 2 is 2.33 bits per heavy atom. The summed E-state index contributed by atoms with van der Waals surface area (Å²) >= 11 is 0. The Bertz CT molecular complexity index is 327. The molecule has 1 aromatic heterocycles. The second-order valence-electron chi connectivity index (χ2n) is 3.58. The molecule has 15 heavy (non-hydrogen) atoms. The highest BCUT2D eigenvalue weighted by Gasteiger charge is 2.03. The summed E-state index contributed by atoms with van der Waals surface area (Å²) in [5.74, 6) is 1.65. The maximum atomic E-state index is 4.09. The van der Waals surface area contributed by atoms with E-state index < -0.39 is 0 Å². The van der Waals surface area contributed by atoms with Crippen LogP contribution in [0.2, 0.25) is 0 Å². The van der Waals surface area contributed by atoms with Crippen molar-refractivity contribution in [2.24, 2.45) is 12.0 Å². The fraction of sp³-hybridized carbons (Fsp3) is 0.667. The van der Waals surface area contributed by atoms with Crippen LogP contribution >= 0.6 is 0 Å². The van der Waals surface area contributed by atoms with Crippen LogP contribution in [0.1, 0.15) is 19.7 Å². The van der Waals surface area contributed by atoms with Gasteiger partial charge in [-0.1, -0.05) is 0 Å². The minimum Gasteiger partial charge on any atom is -0.354 e. The Balaban J connectivity index is 2.45. The van der Waals surface area contributed by atoms with E-state index in [0.717, 1.165) is 11.8 Å². The van der Waals surface area contributed by atoms with Crippen molar-refractivity contribution in [2.45, 2.75) is 26.4 Å². The fourth-order valence-electron chi connectivity index (χ4n) is 1.10. The van der Waals surface area contributed by atoms with E-state index in [9.17, 15) is 0 Å². The van der Waals surface area contributed by atoms with Gasteiger partial charge in [0.1, 0.15) is 6.33 Å². The largest absolute Gasteiger partial charge is 0.354 e. The lowest BCUT2D eigenvalue weighted by Gasteiger charge is -2.13. The molecule has 0 aromatic carbocycles. The van der Waals surface area contributed by atoms with Crippen LogP contribution in [0, 0.1) is 0 Å². The van der Waals surface area contributed by atoms with E-state index >= 15 is 0 Å². The van der Waals surface area contributed by atoms with Crippen molar-refractivity contribution in [2.75, 3.05) is 7.05 Å². The first-order chi connectivity index (χ1) is 7.13. The maximum absolute atomic E-state index is 4.09. The molecule has 2 N–H and O–H groups in total. The number of rotatable bonds is 3. The first kappa shape index (κ1) is 11.5. The second kappa shape index (κ2) is 5.33. The number of hydrogen-bond donors (Lipinski definition) is 2. The fourth-order valence-corrected chi connectivity index (χ4v) is 1.10. The minimum absolute atomic E-state index is 0.357. The Hall–Kier alpha value is -1.59. The Labute approximate surface area is 89.8 Å². The molecule has 0 spiro atoms. The molecule has 0 atom stereocenters. The molecule has 0 aliphatic rings. The van der Waals surface area contributed by atoms with Gasteiger partial charge in [-0.3, -0.25) is 4.99 Å². The van der Waals surface area contributed by atoms with Gasteiger partial charge in [0.05, 0.1) is 6.54 Å². The van der Waals surface area contributed by atoms with E-state index in [1.807, 2.05) is 11.6 Å². The Kier molecular flexibility index (Phi) is 4.08. The van der Waals surface area contributed by atoms with Gasteiger partial charge in [-0.2, -0.15) is 0 Å². The summed E-state index contributed by atoms with van der Waals surface area (Å²) in [6, 6.07) is 0.357. The third-order valence-corrected chi connectivity index (χ3v) is 1.87. The number of aliphatic imine (C=N–C) groups is 1. The van der Waals surface area contributed by atoms with Gasteiger partial charge in [-0.25, -0.2) is 0 Å². The predicted molar refractivity (Wildman–Crippen MR) is 59.5 cm³/mol. The molecular weight excluding hydrogens is 192 g/mol. The molecular formula is C9H18N6. The maximum Gasteiger partial charge on any atom is 0.191 e. The van der Waals surface area contributed by atoms with Crippen molar-refractivity contribution >= 4 is 5.96 Å². The van der Waals surface area contributed by atoms with Crippen LogP contribution in [0.4, 0.5) is 0 Å². The average molecular weight is 210 g/mol. The van der Waals surface area contributed by atoms with Crippen molar-refractivity contribution < 1.29 is 0 Å². The standard InChI is InChI=1S/C9H18N6/c1-7(2)13-9(10-3)11-5-8-14-12-6-15(8)4/h6-7H,5H2,1-4H3,(H2,10,11,13). The van der Waals surface area contributed by atoms with E-state index in [4.69, 9.17) is 0 Å². The molecule has 84 valence electrons. The van der Waals surface area contributed by atoms with E-state index in [2.05, 4.69) is 39.7 Å². The molecule has 0 amide bonds. The number of nitrogens with one attached hydrogen (secondary N) is 2. The van der Waals surface area contributed by atoms with E-state index in [1.54, 1.807) is 13.4 Å². The molecule has 0 aliphatic carbocycles. The molecule has 0 saturated heterocycles. The quantitative estimate of drug-likeness (QED) is 0.539. The highest BCUT2D eigenvalue weighted by molar-refractivity contribution is 5.79. The van der Waals surface area contributed by atoms with Crippen LogP contribution < -0.4 is 10.6 Å². The summed E-state index contributed by atoms with van der Waals surface area (Å²) in [5.41, 5.74) is 0. The summed E-state index contributed by atoms with van der Waals surface area (Å²) in [6.07, 6.45) is 1.68. The van der Waals surface area contributed by atoms with Gasteiger partial charge in [-0.15, -0.1) is 10.2 Å². The van der Waals surface area contributed by atoms with Crippen molar-refractivity contribution in [3.8, 4) is 0 Å². The summed E-state index contributed by atoms with van der Waals surface area (Å²) in [5, 5.41) is 14.1. The first-order valence-corrected chi connectivity index (χ1v) is 4.93. The van der Waals surface area contributed by atoms with Crippen LogP contribution in [-0.4, -0.2) is 33.8 Å². The third kappa shape index (κ3) is 3.57. The zero-order valence-corrected chi connectivity index (χ0v) is 9.65. The first-order valence-electron chi connectivity index (χ1n) is 4.93. The molecule has 0 bridgehead atoms. The SMILES string of the molecule is CN=C(NCc1nncn1C)NC(C)C. The molecule has 0 aliphatic heterocycles. The monoisotopic (exact) mass is 210 g/mol. The molecule has 0 unspecified atom stereocenters. The van der Waals surface area contributed by atoms with Gasteiger partial charge in [-0.05, 0) is 13.8 Å². The summed E-state index contributed by atoms with van der Waals surface area (Å²) < 4.78 is 1.87. The minimum atomic E-state index is 0.357. The lowest BCUT2D eigenvalue weighted by atomic mass is 10.4. The number of guanidine groups is 1. The zero-order chi connectivity index (χ0) is 11.3. The number of hydrogen-bond acceptors (Lipinski definition) is 3. The summed E-state index contributed by atoms with van der Waals surface area (Å²) in [4.78, 5) is 4.09. The smallest absolute Gasteiger partial charge is 0.191 e. The number of aromatic nitrogens is 3. The van der Waals surface area contributed by atoms with Crippen molar-refractivity contribution in [1.82, 2.24) is 25.4 Å². The van der Waals surface area contributed by atoms with Gasteiger partial charge in [0.2, 0.25) is 0 Å². The summed E-state index contributed by atoms with van der Waals surface area (Å²) in [6.45, 7) is 4.74. The molecule has 1 rings (SSSR count). The molecule has 6 heteroatoms. The normalized spacial score (nSPS) is 11.9. The molecule has 0 fully saturated rings. The van der Waals surface area contributed by atoms with Crippen LogP contribution in [0.15, 0.2) is 11.3 Å². The number of nitrogens with zero attached hydrogens (tertiary/aromatic N) is 4. The molecule has 0 saturated carbocycles. The molecule has 1 heterocycles. The van der Waals surface area contributed by atoms with Gasteiger partial charge >= 0.3 is 0 Å². The van der Waals surface area contributed by atoms with Gasteiger partial charge < -0.3 is 15.2 Å². The predicted octanol–water partition coefficient (Wildman–Crippen LogP) is -0.111.